The predicted molar refractivity (Wildman–Crippen MR) is 66.3 cm³/mol. The standard InChI is InChI=1S/C13H13N3O/c1-11(17)10-13-8-3-2-6-12(13)7-4-5-9-15-16-14/h2-3,6,8H,5,9-10H2,1H3. The SMILES string of the molecule is CC(=O)Cc1ccccc1C#CCCN=[N+]=[N-]. The second kappa shape index (κ2) is 7.10. The van der Waals surface area contributed by atoms with Crippen molar-refractivity contribution in [3.05, 3.63) is 45.8 Å². The molecule has 0 bridgehead atoms. The van der Waals surface area contributed by atoms with Crippen LogP contribution in [0.4, 0.5) is 0 Å². The van der Waals surface area contributed by atoms with Crippen molar-refractivity contribution in [1.29, 1.82) is 0 Å². The van der Waals surface area contributed by atoms with Crippen LogP contribution in [0.2, 0.25) is 0 Å². The van der Waals surface area contributed by atoms with Crippen LogP contribution in [-0.4, -0.2) is 12.3 Å². The molecule has 0 aliphatic rings. The van der Waals surface area contributed by atoms with E-state index in [0.717, 1.165) is 11.1 Å². The average Bonchev–Trinajstić information content (AvgIpc) is 2.30. The Balaban J connectivity index is 2.75. The lowest BCUT2D eigenvalue weighted by molar-refractivity contribution is -0.116. The van der Waals surface area contributed by atoms with Gasteiger partial charge in [-0.1, -0.05) is 35.2 Å². The summed E-state index contributed by atoms with van der Waals surface area (Å²) in [5.41, 5.74) is 9.90. The van der Waals surface area contributed by atoms with Crippen LogP contribution in [0.5, 0.6) is 0 Å². The fraction of sp³-hybridized carbons (Fsp3) is 0.308. The quantitative estimate of drug-likeness (QED) is 0.256. The summed E-state index contributed by atoms with van der Waals surface area (Å²) in [4.78, 5) is 13.7. The van der Waals surface area contributed by atoms with Gasteiger partial charge in [0.25, 0.3) is 0 Å². The highest BCUT2D eigenvalue weighted by Gasteiger charge is 2.01. The minimum Gasteiger partial charge on any atom is -0.300 e. The number of carbonyl (C=O) groups is 1. The number of hydrogen-bond donors (Lipinski definition) is 0. The molecule has 0 unspecified atom stereocenters. The van der Waals surface area contributed by atoms with Crippen LogP contribution < -0.4 is 0 Å². The van der Waals surface area contributed by atoms with Crippen molar-refractivity contribution in [3.63, 3.8) is 0 Å². The molecule has 1 aromatic carbocycles. The van der Waals surface area contributed by atoms with Crippen LogP contribution in [-0.2, 0) is 11.2 Å². The molecule has 0 radical (unpaired) electrons. The Bertz CT molecular complexity index is 505. The van der Waals surface area contributed by atoms with Crippen molar-refractivity contribution in [2.75, 3.05) is 6.54 Å². The van der Waals surface area contributed by atoms with E-state index in [2.05, 4.69) is 21.9 Å². The van der Waals surface area contributed by atoms with Gasteiger partial charge in [0.05, 0.1) is 0 Å². The average molecular weight is 227 g/mol. The zero-order chi connectivity index (χ0) is 12.5. The Kier molecular flexibility index (Phi) is 5.36. The van der Waals surface area contributed by atoms with Gasteiger partial charge < -0.3 is 0 Å². The van der Waals surface area contributed by atoms with E-state index < -0.39 is 0 Å². The van der Waals surface area contributed by atoms with Crippen LogP contribution >= 0.6 is 0 Å². The summed E-state index contributed by atoms with van der Waals surface area (Å²) in [6, 6.07) is 7.57. The monoisotopic (exact) mass is 227 g/mol. The summed E-state index contributed by atoms with van der Waals surface area (Å²) in [5.74, 6) is 6.03. The minimum absolute atomic E-state index is 0.119. The summed E-state index contributed by atoms with van der Waals surface area (Å²) in [5, 5.41) is 3.40. The molecule has 0 atom stereocenters. The number of nitrogens with zero attached hydrogens (tertiary/aromatic N) is 3. The van der Waals surface area contributed by atoms with E-state index in [-0.39, 0.29) is 5.78 Å². The largest absolute Gasteiger partial charge is 0.300 e. The van der Waals surface area contributed by atoms with Crippen molar-refractivity contribution in [2.24, 2.45) is 5.11 Å². The number of ketones is 1. The number of rotatable bonds is 4. The van der Waals surface area contributed by atoms with Crippen molar-refractivity contribution >= 4 is 5.78 Å². The maximum Gasteiger partial charge on any atom is 0.134 e. The first kappa shape index (κ1) is 12.8. The topological polar surface area (TPSA) is 65.8 Å². The summed E-state index contributed by atoms with van der Waals surface area (Å²) in [7, 11) is 0. The fourth-order valence-electron chi connectivity index (χ4n) is 1.37. The first-order chi connectivity index (χ1) is 8.24. The lowest BCUT2D eigenvalue weighted by Gasteiger charge is -2.00. The highest BCUT2D eigenvalue weighted by molar-refractivity contribution is 5.78. The second-order valence-electron chi connectivity index (χ2n) is 3.54. The molecule has 0 N–H and O–H groups in total. The lowest BCUT2D eigenvalue weighted by atomic mass is 10.0. The summed E-state index contributed by atoms with van der Waals surface area (Å²) < 4.78 is 0. The van der Waals surface area contributed by atoms with E-state index in [9.17, 15) is 4.79 Å². The normalized spacial score (nSPS) is 8.76. The van der Waals surface area contributed by atoms with E-state index in [0.29, 0.717) is 19.4 Å². The van der Waals surface area contributed by atoms with E-state index in [4.69, 9.17) is 5.53 Å². The van der Waals surface area contributed by atoms with Crippen molar-refractivity contribution in [2.45, 2.75) is 19.8 Å². The van der Waals surface area contributed by atoms with Crippen LogP contribution in [0, 0.1) is 11.8 Å². The molecule has 0 saturated carbocycles. The van der Waals surface area contributed by atoms with E-state index in [1.54, 1.807) is 6.92 Å². The molecule has 4 nitrogen and oxygen atoms in total. The molecule has 4 heteroatoms. The molecule has 0 aliphatic heterocycles. The van der Waals surface area contributed by atoms with Gasteiger partial charge in [-0.2, -0.15) is 0 Å². The number of hydrogen-bond acceptors (Lipinski definition) is 2. The molecule has 0 aromatic heterocycles. The van der Waals surface area contributed by atoms with Gasteiger partial charge in [0.2, 0.25) is 0 Å². The fourth-order valence-corrected chi connectivity index (χ4v) is 1.37. The summed E-state index contributed by atoms with van der Waals surface area (Å²) in [6.45, 7) is 1.93. The molecule has 0 spiro atoms. The molecule has 1 rings (SSSR count). The predicted octanol–water partition coefficient (Wildman–Crippen LogP) is 2.87. The molecular formula is C13H13N3O. The maximum atomic E-state index is 11.1. The molecular weight excluding hydrogens is 214 g/mol. The third-order valence-corrected chi connectivity index (χ3v) is 2.08. The third-order valence-electron chi connectivity index (χ3n) is 2.08. The summed E-state index contributed by atoms with van der Waals surface area (Å²) in [6.07, 6.45) is 0.930. The van der Waals surface area contributed by atoms with E-state index >= 15 is 0 Å². The highest BCUT2D eigenvalue weighted by atomic mass is 16.1. The van der Waals surface area contributed by atoms with Crippen molar-refractivity contribution < 1.29 is 4.79 Å². The Morgan fingerprint density at radius 2 is 2.24 bits per heavy atom. The Hall–Kier alpha value is -2.24. The first-order valence-corrected chi connectivity index (χ1v) is 5.31. The van der Waals surface area contributed by atoms with Crippen LogP contribution in [0.3, 0.4) is 0 Å². The van der Waals surface area contributed by atoms with Gasteiger partial charge in [-0.25, -0.2) is 0 Å². The molecule has 0 amide bonds. The van der Waals surface area contributed by atoms with E-state index in [1.807, 2.05) is 24.3 Å². The number of azide groups is 1. The molecule has 0 heterocycles. The molecule has 1 aromatic rings. The molecule has 86 valence electrons. The smallest absolute Gasteiger partial charge is 0.134 e. The van der Waals surface area contributed by atoms with Gasteiger partial charge in [0.1, 0.15) is 5.78 Å². The lowest BCUT2D eigenvalue weighted by Crippen LogP contribution is -1.98. The van der Waals surface area contributed by atoms with Crippen molar-refractivity contribution in [3.8, 4) is 11.8 Å². The zero-order valence-corrected chi connectivity index (χ0v) is 9.68. The summed E-state index contributed by atoms with van der Waals surface area (Å²) >= 11 is 0. The van der Waals surface area contributed by atoms with Crippen molar-refractivity contribution in [1.82, 2.24) is 0 Å². The van der Waals surface area contributed by atoms with Gasteiger partial charge in [0.15, 0.2) is 0 Å². The third kappa shape index (κ3) is 4.87. The van der Waals surface area contributed by atoms with Crippen LogP contribution in [0.1, 0.15) is 24.5 Å². The molecule has 0 aliphatic carbocycles. The molecule has 0 saturated heterocycles. The number of Topliss-reactive ketones (excluding diaryl/α,β-unsaturated/α-hetero) is 1. The first-order valence-electron chi connectivity index (χ1n) is 5.31. The number of benzene rings is 1. The van der Waals surface area contributed by atoms with Gasteiger partial charge in [0, 0.05) is 29.9 Å². The highest BCUT2D eigenvalue weighted by Crippen LogP contribution is 2.08. The maximum absolute atomic E-state index is 11.1. The van der Waals surface area contributed by atoms with Gasteiger partial charge in [-0.3, -0.25) is 4.79 Å². The van der Waals surface area contributed by atoms with Crippen LogP contribution in [0.25, 0.3) is 10.4 Å². The van der Waals surface area contributed by atoms with E-state index in [1.165, 1.54) is 0 Å². The Morgan fingerprint density at radius 3 is 2.94 bits per heavy atom. The van der Waals surface area contributed by atoms with Gasteiger partial charge in [-0.05, 0) is 24.1 Å². The van der Waals surface area contributed by atoms with Gasteiger partial charge >= 0.3 is 0 Å². The Labute approximate surface area is 100 Å². The molecule has 17 heavy (non-hydrogen) atoms. The minimum atomic E-state index is 0.119. The van der Waals surface area contributed by atoms with Gasteiger partial charge in [-0.15, -0.1) is 0 Å². The second-order valence-corrected chi connectivity index (χ2v) is 3.54. The van der Waals surface area contributed by atoms with Crippen LogP contribution in [0.15, 0.2) is 29.4 Å². The zero-order valence-electron chi connectivity index (χ0n) is 9.68. The molecule has 0 fully saturated rings. The Morgan fingerprint density at radius 1 is 1.47 bits per heavy atom. The number of carbonyl (C=O) groups excluding carboxylic acids is 1.